The van der Waals surface area contributed by atoms with Gasteiger partial charge in [0.15, 0.2) is 17.5 Å². The maximum Gasteiger partial charge on any atom is 0.251 e. The van der Waals surface area contributed by atoms with Gasteiger partial charge in [0.05, 0.1) is 12.8 Å². The maximum absolute atomic E-state index is 13.5. The second-order valence-electron chi connectivity index (χ2n) is 3.92. The number of hydrogen-bond acceptors (Lipinski definition) is 3. The monoisotopic (exact) mass is 268 g/mol. The molecule has 0 saturated carbocycles. The minimum absolute atomic E-state index is 0.400. The molecule has 2 aromatic rings. The molecule has 19 heavy (non-hydrogen) atoms. The van der Waals surface area contributed by atoms with Crippen LogP contribution in [0.3, 0.4) is 0 Å². The lowest BCUT2D eigenvalue weighted by Crippen LogP contribution is -2.03. The Hall–Kier alpha value is -2.24. The summed E-state index contributed by atoms with van der Waals surface area (Å²) in [4.78, 5) is 3.19. The normalized spacial score (nSPS) is 10.4. The number of hydrogen-bond donors (Lipinski definition) is 1. The highest BCUT2D eigenvalue weighted by Gasteiger charge is 2.13. The Kier molecular flexibility index (Phi) is 3.59. The van der Waals surface area contributed by atoms with Gasteiger partial charge in [-0.25, -0.2) is 8.78 Å². The number of methoxy groups -OCH3 is 1. The molecule has 0 fully saturated rings. The van der Waals surface area contributed by atoms with Gasteiger partial charge in [-0.15, -0.1) is 0 Å². The van der Waals surface area contributed by atoms with E-state index in [1.54, 1.807) is 18.2 Å². The predicted octanol–water partition coefficient (Wildman–Crippen LogP) is 3.56. The zero-order valence-corrected chi connectivity index (χ0v) is 10.3. The van der Waals surface area contributed by atoms with Crippen LogP contribution in [0, 0.1) is 24.5 Å². The lowest BCUT2D eigenvalue weighted by Gasteiger charge is -2.12. The van der Waals surface area contributed by atoms with E-state index >= 15 is 0 Å². The van der Waals surface area contributed by atoms with Crippen LogP contribution in [-0.4, -0.2) is 12.1 Å². The highest BCUT2D eigenvalue weighted by Crippen LogP contribution is 2.29. The molecule has 0 radical (unpaired) electrons. The fourth-order valence-electron chi connectivity index (χ4n) is 1.58. The van der Waals surface area contributed by atoms with E-state index in [1.807, 2.05) is 6.92 Å². The molecule has 1 aromatic carbocycles. The molecule has 0 saturated heterocycles. The van der Waals surface area contributed by atoms with Crippen LogP contribution in [-0.2, 0) is 0 Å². The van der Waals surface area contributed by atoms with Crippen LogP contribution in [0.25, 0.3) is 0 Å². The van der Waals surface area contributed by atoms with Crippen LogP contribution in [0.1, 0.15) is 5.56 Å². The number of nitrogens with zero attached hydrogens (tertiary/aromatic N) is 1. The van der Waals surface area contributed by atoms with Gasteiger partial charge in [-0.05, 0) is 24.6 Å². The van der Waals surface area contributed by atoms with E-state index in [0.29, 0.717) is 17.5 Å². The Morgan fingerprint density at radius 2 is 1.84 bits per heavy atom. The lowest BCUT2D eigenvalue weighted by atomic mass is 10.2. The van der Waals surface area contributed by atoms with Crippen LogP contribution in [0.5, 0.6) is 5.75 Å². The van der Waals surface area contributed by atoms with Crippen molar-refractivity contribution in [2.24, 2.45) is 0 Å². The van der Waals surface area contributed by atoms with Crippen molar-refractivity contribution in [2.75, 3.05) is 12.4 Å². The quantitative estimate of drug-likeness (QED) is 0.864. The molecule has 0 aliphatic rings. The third kappa shape index (κ3) is 2.78. The number of nitrogens with one attached hydrogen (secondary N) is 1. The van der Waals surface area contributed by atoms with Crippen molar-refractivity contribution in [3.05, 3.63) is 47.4 Å². The molecule has 0 spiro atoms. The topological polar surface area (TPSA) is 34.1 Å². The summed E-state index contributed by atoms with van der Waals surface area (Å²) in [7, 11) is 1.45. The molecule has 6 heteroatoms. The highest BCUT2D eigenvalue weighted by atomic mass is 19.2. The van der Waals surface area contributed by atoms with Crippen LogP contribution in [0.4, 0.5) is 24.7 Å². The minimum atomic E-state index is -1.37. The number of rotatable bonds is 3. The largest absolute Gasteiger partial charge is 0.495 e. The van der Waals surface area contributed by atoms with Gasteiger partial charge >= 0.3 is 0 Å². The van der Waals surface area contributed by atoms with Gasteiger partial charge in [0.25, 0.3) is 5.95 Å². The van der Waals surface area contributed by atoms with E-state index < -0.39 is 23.4 Å². The van der Waals surface area contributed by atoms with E-state index in [2.05, 4.69) is 10.3 Å². The molecule has 0 unspecified atom stereocenters. The smallest absolute Gasteiger partial charge is 0.251 e. The summed E-state index contributed by atoms with van der Waals surface area (Å²) in [6.07, 6.45) is 0. The number of pyridine rings is 1. The first-order valence-corrected chi connectivity index (χ1v) is 5.44. The fourth-order valence-corrected chi connectivity index (χ4v) is 1.58. The van der Waals surface area contributed by atoms with E-state index in [9.17, 15) is 13.2 Å². The Morgan fingerprint density at radius 3 is 2.53 bits per heavy atom. The van der Waals surface area contributed by atoms with E-state index in [1.165, 1.54) is 7.11 Å². The number of anilines is 2. The van der Waals surface area contributed by atoms with Gasteiger partial charge < -0.3 is 10.1 Å². The number of ether oxygens (including phenoxy) is 1. The van der Waals surface area contributed by atoms with Crippen LogP contribution < -0.4 is 10.1 Å². The highest BCUT2D eigenvalue weighted by molar-refractivity contribution is 5.65. The molecule has 1 heterocycles. The summed E-state index contributed by atoms with van der Waals surface area (Å²) in [5, 5.41) is 2.58. The Balaban J connectivity index is 2.41. The molecule has 0 atom stereocenters. The molecule has 100 valence electrons. The van der Waals surface area contributed by atoms with Gasteiger partial charge in [0, 0.05) is 6.07 Å². The predicted molar refractivity (Wildman–Crippen MR) is 65.1 cm³/mol. The summed E-state index contributed by atoms with van der Waals surface area (Å²) >= 11 is 0. The molecule has 0 aliphatic heterocycles. The minimum Gasteiger partial charge on any atom is -0.495 e. The Morgan fingerprint density at radius 1 is 1.11 bits per heavy atom. The van der Waals surface area contributed by atoms with Crippen molar-refractivity contribution < 1.29 is 17.9 Å². The average molecular weight is 268 g/mol. The molecule has 0 aliphatic carbocycles. The van der Waals surface area contributed by atoms with Gasteiger partial charge in [0.1, 0.15) is 5.75 Å². The van der Waals surface area contributed by atoms with Crippen molar-refractivity contribution in [2.45, 2.75) is 6.92 Å². The Bertz CT molecular complexity index is 617. The third-order valence-electron chi connectivity index (χ3n) is 2.49. The molecule has 0 bridgehead atoms. The second kappa shape index (κ2) is 5.17. The van der Waals surface area contributed by atoms with E-state index in [-0.39, 0.29) is 0 Å². The molecular formula is C13H11F3N2O. The van der Waals surface area contributed by atoms with Gasteiger partial charge in [0.2, 0.25) is 0 Å². The lowest BCUT2D eigenvalue weighted by molar-refractivity contribution is 0.416. The first-order chi connectivity index (χ1) is 9.01. The first kappa shape index (κ1) is 13.2. The molecule has 0 amide bonds. The summed E-state index contributed by atoms with van der Waals surface area (Å²) < 4.78 is 44.3. The zero-order chi connectivity index (χ0) is 14.0. The summed E-state index contributed by atoms with van der Waals surface area (Å²) in [5.74, 6) is -3.64. The number of benzene rings is 1. The van der Waals surface area contributed by atoms with Gasteiger partial charge in [-0.2, -0.15) is 9.37 Å². The molecular weight excluding hydrogens is 257 g/mol. The second-order valence-corrected chi connectivity index (χ2v) is 3.92. The number of aromatic nitrogens is 1. The van der Waals surface area contributed by atoms with Gasteiger partial charge in [-0.1, -0.05) is 6.07 Å². The average Bonchev–Trinajstić information content (AvgIpc) is 2.36. The maximum atomic E-state index is 13.5. The SMILES string of the molecule is COc1ccc(C)cc1Nc1nc(F)c(F)cc1F. The summed E-state index contributed by atoms with van der Waals surface area (Å²) in [6, 6.07) is 5.60. The van der Waals surface area contributed by atoms with E-state index in [4.69, 9.17) is 4.74 Å². The van der Waals surface area contributed by atoms with E-state index in [0.717, 1.165) is 5.56 Å². The van der Waals surface area contributed by atoms with Crippen molar-refractivity contribution in [1.82, 2.24) is 4.98 Å². The zero-order valence-electron chi connectivity index (χ0n) is 10.3. The van der Waals surface area contributed by atoms with Crippen molar-refractivity contribution >= 4 is 11.5 Å². The standard InChI is InChI=1S/C13H11F3N2O/c1-7-3-4-11(19-2)10(5-7)17-13-9(15)6-8(14)12(16)18-13/h3-6H,1-2H3,(H,17,18). The third-order valence-corrected chi connectivity index (χ3v) is 2.49. The molecule has 1 N–H and O–H groups in total. The summed E-state index contributed by atoms with van der Waals surface area (Å²) in [5.41, 5.74) is 1.31. The fraction of sp³-hybridized carbons (Fsp3) is 0.154. The number of halogens is 3. The summed E-state index contributed by atoms with van der Waals surface area (Å²) in [6.45, 7) is 1.83. The molecule has 3 nitrogen and oxygen atoms in total. The first-order valence-electron chi connectivity index (χ1n) is 5.44. The van der Waals surface area contributed by atoms with Gasteiger partial charge in [-0.3, -0.25) is 0 Å². The van der Waals surface area contributed by atoms with Crippen molar-refractivity contribution in [3.63, 3.8) is 0 Å². The Labute approximate surface area is 108 Å². The molecule has 2 rings (SSSR count). The van der Waals surface area contributed by atoms with Crippen molar-refractivity contribution in [1.29, 1.82) is 0 Å². The molecule has 1 aromatic heterocycles. The van der Waals surface area contributed by atoms with Crippen molar-refractivity contribution in [3.8, 4) is 5.75 Å². The van der Waals surface area contributed by atoms with Crippen LogP contribution in [0.2, 0.25) is 0 Å². The van der Waals surface area contributed by atoms with Crippen LogP contribution >= 0.6 is 0 Å². The number of aryl methyl sites for hydroxylation is 1. The van der Waals surface area contributed by atoms with Crippen LogP contribution in [0.15, 0.2) is 24.3 Å².